The summed E-state index contributed by atoms with van der Waals surface area (Å²) in [5.74, 6) is 1.27. The highest BCUT2D eigenvalue weighted by molar-refractivity contribution is 7.98. The lowest BCUT2D eigenvalue weighted by atomic mass is 10.1. The fraction of sp³-hybridized carbons (Fsp3) is 0.562. The molecule has 0 bridgehead atoms. The predicted octanol–water partition coefficient (Wildman–Crippen LogP) is 2.52. The van der Waals surface area contributed by atoms with E-state index in [1.54, 1.807) is 11.8 Å². The highest BCUT2D eigenvalue weighted by Gasteiger charge is 2.37. The largest absolute Gasteiger partial charge is 0.325 e. The van der Waals surface area contributed by atoms with Crippen LogP contribution in [0.3, 0.4) is 0 Å². The van der Waals surface area contributed by atoms with Crippen molar-refractivity contribution in [2.75, 3.05) is 18.6 Å². The van der Waals surface area contributed by atoms with Crippen molar-refractivity contribution < 1.29 is 4.79 Å². The molecule has 1 aromatic rings. The Kier molecular flexibility index (Phi) is 5.92. The molecule has 1 N–H and O–H groups in total. The minimum atomic E-state index is -0.0594. The lowest BCUT2D eigenvalue weighted by molar-refractivity contribution is -0.129. The summed E-state index contributed by atoms with van der Waals surface area (Å²) >= 11 is 1.79. The molecule has 20 heavy (non-hydrogen) atoms. The number of rotatable bonds is 7. The van der Waals surface area contributed by atoms with E-state index in [1.165, 1.54) is 5.56 Å². The molecule has 110 valence electrons. The fourth-order valence-corrected chi connectivity index (χ4v) is 3.09. The van der Waals surface area contributed by atoms with E-state index in [2.05, 4.69) is 30.6 Å². The summed E-state index contributed by atoms with van der Waals surface area (Å²) in [4.78, 5) is 14.6. The Morgan fingerprint density at radius 3 is 2.70 bits per heavy atom. The van der Waals surface area contributed by atoms with Gasteiger partial charge in [-0.2, -0.15) is 11.8 Å². The summed E-state index contributed by atoms with van der Waals surface area (Å²) in [5.41, 5.74) is 1.22. The van der Waals surface area contributed by atoms with Crippen molar-refractivity contribution in [1.29, 1.82) is 0 Å². The monoisotopic (exact) mass is 292 g/mol. The second kappa shape index (κ2) is 7.70. The van der Waals surface area contributed by atoms with E-state index in [9.17, 15) is 4.79 Å². The molecule has 1 amide bonds. The Labute approximate surface area is 126 Å². The second-order valence-corrected chi connectivity index (χ2v) is 6.22. The van der Waals surface area contributed by atoms with Crippen molar-refractivity contribution in [2.45, 2.75) is 38.4 Å². The van der Waals surface area contributed by atoms with E-state index in [0.29, 0.717) is 0 Å². The molecular formula is C16H24N2OS. The van der Waals surface area contributed by atoms with Crippen LogP contribution >= 0.6 is 11.8 Å². The van der Waals surface area contributed by atoms with Gasteiger partial charge in [-0.05, 0) is 24.7 Å². The van der Waals surface area contributed by atoms with E-state index >= 15 is 0 Å². The maximum Gasteiger partial charge on any atom is 0.241 e. The number of amides is 1. The molecule has 1 fully saturated rings. The van der Waals surface area contributed by atoms with E-state index in [-0.39, 0.29) is 18.1 Å². The molecule has 0 aliphatic carbocycles. The summed E-state index contributed by atoms with van der Waals surface area (Å²) in [5, 5.41) is 3.52. The third-order valence-corrected chi connectivity index (χ3v) is 4.32. The average Bonchev–Trinajstić information content (AvgIpc) is 2.74. The molecule has 1 aliphatic heterocycles. The Morgan fingerprint density at radius 1 is 1.30 bits per heavy atom. The molecule has 0 spiro atoms. The number of hydrogen-bond donors (Lipinski definition) is 1. The minimum absolute atomic E-state index is 0.0594. The quantitative estimate of drug-likeness (QED) is 0.838. The van der Waals surface area contributed by atoms with Gasteiger partial charge in [-0.1, -0.05) is 43.7 Å². The van der Waals surface area contributed by atoms with Gasteiger partial charge in [-0.15, -0.1) is 0 Å². The zero-order valence-corrected chi connectivity index (χ0v) is 13.2. The third-order valence-electron chi connectivity index (χ3n) is 3.73. The first-order valence-corrected chi connectivity index (χ1v) is 8.75. The van der Waals surface area contributed by atoms with Crippen molar-refractivity contribution in [1.82, 2.24) is 10.2 Å². The van der Waals surface area contributed by atoms with Gasteiger partial charge in [0.25, 0.3) is 0 Å². The number of carbonyl (C=O) groups excluding carboxylic acids is 1. The Balaban J connectivity index is 2.02. The highest BCUT2D eigenvalue weighted by atomic mass is 32.2. The smallest absolute Gasteiger partial charge is 0.241 e. The van der Waals surface area contributed by atoms with Crippen molar-refractivity contribution in [3.63, 3.8) is 0 Å². The molecule has 1 aliphatic rings. The highest BCUT2D eigenvalue weighted by Crippen LogP contribution is 2.18. The average molecular weight is 292 g/mol. The Morgan fingerprint density at radius 2 is 2.05 bits per heavy atom. The molecule has 4 heteroatoms. The summed E-state index contributed by atoms with van der Waals surface area (Å²) in [6.45, 7) is 3.02. The van der Waals surface area contributed by atoms with Crippen molar-refractivity contribution in [3.05, 3.63) is 35.9 Å². The van der Waals surface area contributed by atoms with Gasteiger partial charge >= 0.3 is 0 Å². The zero-order chi connectivity index (χ0) is 14.4. The number of carbonyl (C=O) groups is 1. The molecular weight excluding hydrogens is 268 g/mol. The normalized spacial score (nSPS) is 22.5. The lowest BCUT2D eigenvalue weighted by Gasteiger charge is -2.23. The Bertz CT molecular complexity index is 424. The topological polar surface area (TPSA) is 32.3 Å². The maximum absolute atomic E-state index is 12.6. The van der Waals surface area contributed by atoms with E-state index in [0.717, 1.165) is 31.6 Å². The van der Waals surface area contributed by atoms with Gasteiger partial charge in [0, 0.05) is 12.3 Å². The number of thioether (sulfide) groups is 1. The van der Waals surface area contributed by atoms with Gasteiger partial charge in [-0.3, -0.25) is 10.1 Å². The van der Waals surface area contributed by atoms with Gasteiger partial charge in [0.1, 0.15) is 0 Å². The standard InChI is InChI=1S/C16H24N2OS/c1-3-7-15-17-14(12-13-8-5-4-6-9-13)16(19)18(15)10-11-20-2/h4-6,8-9,14-15,17H,3,7,10-12H2,1-2H3. The molecule has 2 atom stereocenters. The molecule has 0 radical (unpaired) electrons. The predicted molar refractivity (Wildman–Crippen MR) is 85.9 cm³/mol. The van der Waals surface area contributed by atoms with Crippen LogP contribution in [0.1, 0.15) is 25.3 Å². The molecule has 0 saturated carbocycles. The molecule has 1 aromatic carbocycles. The summed E-state index contributed by atoms with van der Waals surface area (Å²) in [6.07, 6.45) is 5.22. The van der Waals surface area contributed by atoms with E-state index < -0.39 is 0 Å². The molecule has 2 unspecified atom stereocenters. The summed E-state index contributed by atoms with van der Waals surface area (Å²) in [7, 11) is 0. The minimum Gasteiger partial charge on any atom is -0.325 e. The zero-order valence-electron chi connectivity index (χ0n) is 12.3. The molecule has 2 rings (SSSR count). The molecule has 1 heterocycles. The van der Waals surface area contributed by atoms with Crippen LogP contribution in [0.2, 0.25) is 0 Å². The first-order valence-electron chi connectivity index (χ1n) is 7.35. The van der Waals surface area contributed by atoms with Crippen LogP contribution in [-0.2, 0) is 11.2 Å². The fourth-order valence-electron chi connectivity index (χ4n) is 2.71. The van der Waals surface area contributed by atoms with Crippen molar-refractivity contribution in [3.8, 4) is 0 Å². The third kappa shape index (κ3) is 3.76. The van der Waals surface area contributed by atoms with Gasteiger partial charge < -0.3 is 4.90 Å². The number of nitrogens with zero attached hydrogens (tertiary/aromatic N) is 1. The van der Waals surface area contributed by atoms with E-state index in [1.807, 2.05) is 23.1 Å². The van der Waals surface area contributed by atoms with Crippen LogP contribution in [0.4, 0.5) is 0 Å². The van der Waals surface area contributed by atoms with Crippen molar-refractivity contribution in [2.24, 2.45) is 0 Å². The van der Waals surface area contributed by atoms with Crippen LogP contribution in [0.15, 0.2) is 30.3 Å². The van der Waals surface area contributed by atoms with Gasteiger partial charge in [0.15, 0.2) is 0 Å². The second-order valence-electron chi connectivity index (χ2n) is 5.24. The Hall–Kier alpha value is -1.00. The van der Waals surface area contributed by atoms with Crippen LogP contribution in [0.5, 0.6) is 0 Å². The number of hydrogen-bond acceptors (Lipinski definition) is 3. The van der Waals surface area contributed by atoms with Gasteiger partial charge in [0.2, 0.25) is 5.91 Å². The summed E-state index contributed by atoms with van der Waals surface area (Å²) < 4.78 is 0. The van der Waals surface area contributed by atoms with Gasteiger partial charge in [0.05, 0.1) is 12.2 Å². The number of nitrogens with one attached hydrogen (secondary N) is 1. The SMILES string of the molecule is CCCC1NC(Cc2ccccc2)C(=O)N1CCSC. The molecule has 0 aromatic heterocycles. The first kappa shape index (κ1) is 15.4. The number of benzene rings is 1. The maximum atomic E-state index is 12.6. The molecule has 3 nitrogen and oxygen atoms in total. The van der Waals surface area contributed by atoms with Crippen LogP contribution < -0.4 is 5.32 Å². The summed E-state index contributed by atoms with van der Waals surface area (Å²) in [6, 6.07) is 10.2. The lowest BCUT2D eigenvalue weighted by Crippen LogP contribution is -2.38. The van der Waals surface area contributed by atoms with Gasteiger partial charge in [-0.25, -0.2) is 0 Å². The first-order chi connectivity index (χ1) is 9.76. The molecule has 1 saturated heterocycles. The van der Waals surface area contributed by atoms with E-state index in [4.69, 9.17) is 0 Å². The van der Waals surface area contributed by atoms with Crippen LogP contribution in [-0.4, -0.2) is 41.6 Å². The van der Waals surface area contributed by atoms with Crippen molar-refractivity contribution >= 4 is 17.7 Å². The van der Waals surface area contributed by atoms with Crippen LogP contribution in [0, 0.1) is 0 Å². The van der Waals surface area contributed by atoms with Crippen LogP contribution in [0.25, 0.3) is 0 Å².